The van der Waals surface area contributed by atoms with Gasteiger partial charge in [0.25, 0.3) is 0 Å². The van der Waals surface area contributed by atoms with Gasteiger partial charge in [-0.3, -0.25) is 0 Å². The second-order valence-electron chi connectivity index (χ2n) is 4.41. The lowest BCUT2D eigenvalue weighted by atomic mass is 10.1. The second-order valence-corrected chi connectivity index (χ2v) is 5.39. The fourth-order valence-electron chi connectivity index (χ4n) is 1.78. The average Bonchev–Trinajstić information content (AvgIpc) is 2.36. The molecule has 2 rings (SSSR count). The van der Waals surface area contributed by atoms with Crippen molar-refractivity contribution in [1.82, 2.24) is 9.97 Å². The normalized spacial score (nSPS) is 11.9. The van der Waals surface area contributed by atoms with Gasteiger partial charge in [-0.1, -0.05) is 23.8 Å². The van der Waals surface area contributed by atoms with Gasteiger partial charge in [0.15, 0.2) is 0 Å². The standard InChI is InChI=1S/C13H11F3N2O2S/c1-8-3-2-4-9(5-8)10-6-11(13(14,15)16)18-12(17-10)7-21(19)20/h2-6,21H,7H2,1H3. The molecule has 8 heteroatoms. The van der Waals surface area contributed by atoms with Crippen LogP contribution < -0.4 is 0 Å². The van der Waals surface area contributed by atoms with E-state index in [0.717, 1.165) is 11.6 Å². The molecule has 0 aliphatic heterocycles. The highest BCUT2D eigenvalue weighted by Crippen LogP contribution is 2.30. The number of halogens is 3. The van der Waals surface area contributed by atoms with Crippen LogP contribution in [-0.2, 0) is 22.6 Å². The fraction of sp³-hybridized carbons (Fsp3) is 0.231. The minimum atomic E-state index is -4.66. The van der Waals surface area contributed by atoms with Crippen LogP contribution in [0.3, 0.4) is 0 Å². The lowest BCUT2D eigenvalue weighted by Crippen LogP contribution is -2.12. The van der Waals surface area contributed by atoms with Gasteiger partial charge in [0.05, 0.1) is 5.69 Å². The third-order valence-electron chi connectivity index (χ3n) is 2.65. The molecule has 112 valence electrons. The maximum Gasteiger partial charge on any atom is 0.433 e. The molecule has 0 saturated heterocycles. The molecule has 0 unspecified atom stereocenters. The predicted octanol–water partition coefficient (Wildman–Crippen LogP) is 2.58. The molecular formula is C13H11F3N2O2S. The molecule has 1 aromatic heterocycles. The Morgan fingerprint density at radius 2 is 1.86 bits per heavy atom. The topological polar surface area (TPSA) is 59.9 Å². The van der Waals surface area contributed by atoms with E-state index in [1.807, 2.05) is 0 Å². The van der Waals surface area contributed by atoms with Gasteiger partial charge < -0.3 is 0 Å². The molecule has 0 saturated carbocycles. The van der Waals surface area contributed by atoms with Crippen LogP contribution >= 0.6 is 0 Å². The molecule has 0 bridgehead atoms. The van der Waals surface area contributed by atoms with Gasteiger partial charge in [0, 0.05) is 5.56 Å². The van der Waals surface area contributed by atoms with Crippen LogP contribution in [-0.4, -0.2) is 18.4 Å². The van der Waals surface area contributed by atoms with Gasteiger partial charge in [-0.05, 0) is 19.1 Å². The maximum absolute atomic E-state index is 12.8. The number of aromatic nitrogens is 2. The van der Waals surface area contributed by atoms with E-state index in [2.05, 4.69) is 9.97 Å². The van der Waals surface area contributed by atoms with Crippen molar-refractivity contribution in [3.05, 3.63) is 47.4 Å². The minimum absolute atomic E-state index is 0.0490. The zero-order valence-corrected chi connectivity index (χ0v) is 11.8. The number of hydrogen-bond acceptors (Lipinski definition) is 4. The highest BCUT2D eigenvalue weighted by atomic mass is 32.2. The summed E-state index contributed by atoms with van der Waals surface area (Å²) in [5.41, 5.74) is 0.232. The first kappa shape index (κ1) is 15.4. The van der Waals surface area contributed by atoms with Crippen molar-refractivity contribution >= 4 is 10.7 Å². The van der Waals surface area contributed by atoms with E-state index in [-0.39, 0.29) is 11.5 Å². The van der Waals surface area contributed by atoms with Crippen molar-refractivity contribution in [2.24, 2.45) is 0 Å². The highest BCUT2D eigenvalue weighted by molar-refractivity contribution is 7.71. The van der Waals surface area contributed by atoms with Crippen molar-refractivity contribution in [3.8, 4) is 11.3 Å². The molecule has 0 radical (unpaired) electrons. The molecule has 1 heterocycles. The van der Waals surface area contributed by atoms with Gasteiger partial charge in [0.2, 0.25) is 0 Å². The summed E-state index contributed by atoms with van der Waals surface area (Å²) in [6.45, 7) is 1.80. The van der Waals surface area contributed by atoms with Crippen LogP contribution in [0.5, 0.6) is 0 Å². The molecule has 4 nitrogen and oxygen atoms in total. The molecule has 0 atom stereocenters. The zero-order chi connectivity index (χ0) is 15.6. The van der Waals surface area contributed by atoms with Crippen LogP contribution in [0.1, 0.15) is 17.1 Å². The molecule has 1 aromatic carbocycles. The monoisotopic (exact) mass is 316 g/mol. The Bertz CT molecular complexity index is 734. The van der Waals surface area contributed by atoms with Crippen LogP contribution in [0.15, 0.2) is 30.3 Å². The Morgan fingerprint density at radius 1 is 1.14 bits per heavy atom. The number of hydrogen-bond donors (Lipinski definition) is 1. The largest absolute Gasteiger partial charge is 0.433 e. The first-order valence-corrected chi connectivity index (χ1v) is 7.26. The Hall–Kier alpha value is -1.96. The number of nitrogens with zero attached hydrogens (tertiary/aromatic N) is 2. The van der Waals surface area contributed by atoms with Crippen LogP contribution in [0.25, 0.3) is 11.3 Å². The summed E-state index contributed by atoms with van der Waals surface area (Å²) >= 11 is 0. The molecular weight excluding hydrogens is 305 g/mol. The maximum atomic E-state index is 12.8. The lowest BCUT2D eigenvalue weighted by molar-refractivity contribution is -0.141. The zero-order valence-electron chi connectivity index (χ0n) is 10.9. The van der Waals surface area contributed by atoms with E-state index < -0.39 is 28.3 Å². The van der Waals surface area contributed by atoms with Crippen molar-refractivity contribution in [1.29, 1.82) is 0 Å². The minimum Gasteiger partial charge on any atom is -0.232 e. The summed E-state index contributed by atoms with van der Waals surface area (Å²) in [5, 5.41) is 0. The van der Waals surface area contributed by atoms with Gasteiger partial charge in [-0.2, -0.15) is 13.2 Å². The Balaban J connectivity index is 2.59. The fourth-order valence-corrected chi connectivity index (χ4v) is 2.15. The summed E-state index contributed by atoms with van der Waals surface area (Å²) in [5.74, 6) is -0.990. The molecule has 21 heavy (non-hydrogen) atoms. The Kier molecular flexibility index (Phi) is 4.26. The third kappa shape index (κ3) is 4.01. The summed E-state index contributed by atoms with van der Waals surface area (Å²) in [4.78, 5) is 7.18. The van der Waals surface area contributed by atoms with E-state index in [0.29, 0.717) is 5.56 Å². The molecule has 0 aliphatic carbocycles. The van der Waals surface area contributed by atoms with Crippen molar-refractivity contribution in [2.45, 2.75) is 18.9 Å². The SMILES string of the molecule is Cc1cccc(-c2cc(C(F)(F)F)nc(C[SH](=O)=O)n2)c1. The van der Waals surface area contributed by atoms with Crippen molar-refractivity contribution in [2.75, 3.05) is 0 Å². The summed E-state index contributed by atoms with van der Waals surface area (Å²) in [6.07, 6.45) is -4.66. The number of thiol groups is 1. The summed E-state index contributed by atoms with van der Waals surface area (Å²) in [6, 6.07) is 7.58. The Labute approximate surface area is 120 Å². The predicted molar refractivity (Wildman–Crippen MR) is 71.2 cm³/mol. The molecule has 0 amide bonds. The van der Waals surface area contributed by atoms with Crippen molar-refractivity contribution < 1.29 is 21.6 Å². The van der Waals surface area contributed by atoms with Gasteiger partial charge in [-0.15, -0.1) is 0 Å². The first-order valence-electron chi connectivity index (χ1n) is 5.90. The van der Waals surface area contributed by atoms with Crippen LogP contribution in [0.4, 0.5) is 13.2 Å². The molecule has 0 N–H and O–H groups in total. The number of aryl methyl sites for hydroxylation is 1. The summed E-state index contributed by atoms with van der Waals surface area (Å²) in [7, 11) is -2.90. The second kappa shape index (κ2) is 5.80. The quantitative estimate of drug-likeness (QED) is 0.884. The van der Waals surface area contributed by atoms with E-state index in [1.165, 1.54) is 0 Å². The Morgan fingerprint density at radius 3 is 2.43 bits per heavy atom. The lowest BCUT2D eigenvalue weighted by Gasteiger charge is -2.10. The third-order valence-corrected chi connectivity index (χ3v) is 3.19. The number of benzene rings is 1. The highest BCUT2D eigenvalue weighted by Gasteiger charge is 2.33. The van der Waals surface area contributed by atoms with Gasteiger partial charge in [-0.25, -0.2) is 18.4 Å². The van der Waals surface area contributed by atoms with E-state index in [1.54, 1.807) is 31.2 Å². The first-order chi connectivity index (χ1) is 9.75. The summed E-state index contributed by atoms with van der Waals surface area (Å²) < 4.78 is 59.9. The average molecular weight is 316 g/mol. The van der Waals surface area contributed by atoms with Gasteiger partial charge in [0.1, 0.15) is 28.0 Å². The smallest absolute Gasteiger partial charge is 0.232 e. The van der Waals surface area contributed by atoms with E-state index in [9.17, 15) is 21.6 Å². The number of rotatable bonds is 3. The van der Waals surface area contributed by atoms with Gasteiger partial charge >= 0.3 is 6.18 Å². The number of alkyl halides is 3. The van der Waals surface area contributed by atoms with Crippen molar-refractivity contribution in [3.63, 3.8) is 0 Å². The van der Waals surface area contributed by atoms with E-state index >= 15 is 0 Å². The molecule has 0 aliphatic rings. The van der Waals surface area contributed by atoms with Crippen LogP contribution in [0.2, 0.25) is 0 Å². The van der Waals surface area contributed by atoms with E-state index in [4.69, 9.17) is 0 Å². The van der Waals surface area contributed by atoms with Crippen LogP contribution in [0, 0.1) is 6.92 Å². The molecule has 0 spiro atoms. The molecule has 2 aromatic rings. The molecule has 0 fully saturated rings.